The molecule has 10 aromatic rings. The van der Waals surface area contributed by atoms with Gasteiger partial charge in [-0.25, -0.2) is 9.97 Å². The number of benzene rings is 7. The topological polar surface area (TPSA) is 56.5 Å². The highest BCUT2D eigenvalue weighted by atomic mass is 32.1. The molecule has 56 heavy (non-hydrogen) atoms. The summed E-state index contributed by atoms with van der Waals surface area (Å²) in [7, 11) is 0. The summed E-state index contributed by atoms with van der Waals surface area (Å²) >= 11 is 1.80. The van der Waals surface area contributed by atoms with Crippen LogP contribution in [0.2, 0.25) is 0 Å². The molecule has 6 heteroatoms. The lowest BCUT2D eigenvalue weighted by Crippen LogP contribution is -2.17. The smallest absolute Gasteiger partial charge is 0.238 e. The maximum atomic E-state index is 5.14. The molecule has 0 radical (unpaired) electrons. The van der Waals surface area contributed by atoms with Crippen LogP contribution in [-0.2, 0) is 5.41 Å². The first-order valence-corrected chi connectivity index (χ1v) is 19.7. The average Bonchev–Trinajstić information content (AvgIpc) is 3.73. The Morgan fingerprint density at radius 3 is 1.91 bits per heavy atom. The largest absolute Gasteiger partial charge is 0.276 e. The summed E-state index contributed by atoms with van der Waals surface area (Å²) in [4.78, 5) is 20.3. The Morgan fingerprint density at radius 1 is 0.536 bits per heavy atom. The predicted molar refractivity (Wildman–Crippen MR) is 228 cm³/mol. The Labute approximate surface area is 326 Å². The van der Waals surface area contributed by atoms with Crippen LogP contribution < -0.4 is 10.4 Å². The molecule has 0 atom stereocenters. The molecular formula is C50H31N5S. The molecule has 0 spiro atoms. The second-order valence-electron chi connectivity index (χ2n) is 15.2. The Balaban J connectivity index is 1.03. The number of fused-ring (bicyclic) bond motifs is 10. The van der Waals surface area contributed by atoms with Crippen molar-refractivity contribution in [2.75, 3.05) is 0 Å². The highest BCUT2D eigenvalue weighted by Gasteiger charge is 2.37. The molecule has 2 aliphatic rings. The van der Waals surface area contributed by atoms with Gasteiger partial charge in [0, 0.05) is 43.7 Å². The van der Waals surface area contributed by atoms with Crippen LogP contribution in [-0.4, -0.2) is 24.5 Å². The van der Waals surface area contributed by atoms with Crippen LogP contribution in [0.25, 0.3) is 99.3 Å². The van der Waals surface area contributed by atoms with E-state index in [9.17, 15) is 0 Å². The van der Waals surface area contributed by atoms with Crippen molar-refractivity contribution in [3.05, 3.63) is 173 Å². The standard InChI is InChI=1S/C50H31N5S/c1-50(2)39-24-25-41-45(56-48(51-41)31-18-10-5-11-19-31)43(39)34-23-22-32(26-40(34)50)35-27-37-33-20-12-13-21-42(33)55(44(37)38-28-36(35)38)49-53-46(29-14-6-3-7-15-29)52-47(54-49)30-16-8-4-9-17-30/h3-27H,1-2H3. The van der Waals surface area contributed by atoms with Gasteiger partial charge in [-0.3, -0.25) is 4.57 Å². The zero-order valence-electron chi connectivity index (χ0n) is 30.6. The summed E-state index contributed by atoms with van der Waals surface area (Å²) in [6, 6.07) is 53.3. The van der Waals surface area contributed by atoms with Gasteiger partial charge in [0.25, 0.3) is 0 Å². The van der Waals surface area contributed by atoms with Crippen LogP contribution in [0.15, 0.2) is 152 Å². The number of hydrogen-bond acceptors (Lipinski definition) is 5. The fourth-order valence-corrected chi connectivity index (χ4v) is 9.89. The van der Waals surface area contributed by atoms with Gasteiger partial charge in [0.2, 0.25) is 5.95 Å². The molecule has 0 N–H and O–H groups in total. The van der Waals surface area contributed by atoms with E-state index in [0.717, 1.165) is 59.5 Å². The summed E-state index contributed by atoms with van der Waals surface area (Å²) in [5, 5.41) is 5.62. The summed E-state index contributed by atoms with van der Waals surface area (Å²) in [5.74, 6) is 1.87. The third-order valence-corrected chi connectivity index (χ3v) is 12.7. The lowest BCUT2D eigenvalue weighted by Gasteiger charge is -2.22. The zero-order chi connectivity index (χ0) is 37.1. The minimum Gasteiger partial charge on any atom is -0.276 e. The van der Waals surface area contributed by atoms with Crippen LogP contribution in [0.5, 0.6) is 0 Å². The molecule has 7 aromatic carbocycles. The van der Waals surface area contributed by atoms with E-state index < -0.39 is 0 Å². The van der Waals surface area contributed by atoms with E-state index in [2.05, 4.69) is 115 Å². The van der Waals surface area contributed by atoms with Crippen molar-refractivity contribution < 1.29 is 0 Å². The molecule has 2 aliphatic carbocycles. The fourth-order valence-electron chi connectivity index (χ4n) is 8.76. The molecular weight excluding hydrogens is 703 g/mol. The number of rotatable bonds is 5. The first-order chi connectivity index (χ1) is 27.5. The van der Waals surface area contributed by atoms with Crippen molar-refractivity contribution in [2.45, 2.75) is 19.3 Å². The fraction of sp³-hybridized carbons (Fsp3) is 0.0600. The lowest BCUT2D eigenvalue weighted by molar-refractivity contribution is 0.661. The van der Waals surface area contributed by atoms with Crippen LogP contribution in [0, 0.1) is 0 Å². The minimum absolute atomic E-state index is 0.165. The van der Waals surface area contributed by atoms with Crippen molar-refractivity contribution in [2.24, 2.45) is 0 Å². The van der Waals surface area contributed by atoms with Gasteiger partial charge in [-0.15, -0.1) is 11.3 Å². The quantitative estimate of drug-likeness (QED) is 0.177. The summed E-state index contributed by atoms with van der Waals surface area (Å²) in [6.07, 6.45) is 0. The maximum Gasteiger partial charge on any atom is 0.238 e. The first-order valence-electron chi connectivity index (χ1n) is 18.9. The van der Waals surface area contributed by atoms with Crippen molar-refractivity contribution in [3.8, 4) is 61.5 Å². The number of thiazole rings is 1. The highest BCUT2D eigenvalue weighted by molar-refractivity contribution is 7.22. The number of nitrogens with zero attached hydrogens (tertiary/aromatic N) is 5. The Morgan fingerprint density at radius 2 is 1.20 bits per heavy atom. The highest BCUT2D eigenvalue weighted by Crippen LogP contribution is 2.53. The van der Waals surface area contributed by atoms with Crippen molar-refractivity contribution in [1.29, 1.82) is 0 Å². The second kappa shape index (κ2) is 11.5. The molecule has 3 aromatic heterocycles. The summed E-state index contributed by atoms with van der Waals surface area (Å²) < 4.78 is 3.47. The van der Waals surface area contributed by atoms with Gasteiger partial charge < -0.3 is 0 Å². The van der Waals surface area contributed by atoms with Crippen LogP contribution in [0.3, 0.4) is 0 Å². The molecule has 0 aliphatic heterocycles. The Bertz CT molecular complexity index is 3360. The number of hydrogen-bond donors (Lipinski definition) is 0. The third kappa shape index (κ3) is 4.55. The monoisotopic (exact) mass is 733 g/mol. The Hall–Kier alpha value is -6.98. The third-order valence-electron chi connectivity index (χ3n) is 11.6. The zero-order valence-corrected chi connectivity index (χ0v) is 31.4. The van der Waals surface area contributed by atoms with E-state index in [4.69, 9.17) is 19.9 Å². The molecule has 0 unspecified atom stereocenters. The molecule has 12 rings (SSSR count). The molecule has 0 saturated carbocycles. The first kappa shape index (κ1) is 31.4. The molecule has 0 fully saturated rings. The predicted octanol–water partition coefficient (Wildman–Crippen LogP) is 10.6. The molecule has 262 valence electrons. The van der Waals surface area contributed by atoms with E-state index in [1.165, 1.54) is 38.1 Å². The Kier molecular flexibility index (Phi) is 6.45. The minimum atomic E-state index is -0.165. The maximum absolute atomic E-state index is 5.14. The van der Waals surface area contributed by atoms with Crippen LogP contribution in [0.1, 0.15) is 25.0 Å². The van der Waals surface area contributed by atoms with Gasteiger partial charge in [0.1, 0.15) is 5.01 Å². The van der Waals surface area contributed by atoms with Crippen molar-refractivity contribution in [3.63, 3.8) is 0 Å². The number of aromatic nitrogens is 5. The van der Waals surface area contributed by atoms with E-state index in [-0.39, 0.29) is 5.41 Å². The van der Waals surface area contributed by atoms with Crippen LogP contribution in [0.4, 0.5) is 0 Å². The lowest BCUT2D eigenvalue weighted by atomic mass is 9.81. The molecule has 0 amide bonds. The normalized spacial score (nSPS) is 13.3. The SMILES string of the molecule is CC1(C)c2cc(-c3cc4c5ccccc5n(-c5nc(-c6ccccc6)nc(-c6ccccc6)n5)c4c4c3=C=4)ccc2-c2c1ccc1nc(-c3ccccc3)sc21. The second-order valence-corrected chi connectivity index (χ2v) is 16.2. The van der Waals surface area contributed by atoms with Crippen LogP contribution >= 0.6 is 11.3 Å². The van der Waals surface area contributed by atoms with Crippen molar-refractivity contribution >= 4 is 49.1 Å². The van der Waals surface area contributed by atoms with Gasteiger partial charge in [0.05, 0.1) is 26.5 Å². The van der Waals surface area contributed by atoms with E-state index in [1.807, 2.05) is 60.7 Å². The van der Waals surface area contributed by atoms with Gasteiger partial charge >= 0.3 is 0 Å². The van der Waals surface area contributed by atoms with Crippen molar-refractivity contribution in [1.82, 2.24) is 24.5 Å². The number of para-hydroxylation sites is 1. The molecule has 0 saturated heterocycles. The van der Waals surface area contributed by atoms with Gasteiger partial charge in [0.15, 0.2) is 11.6 Å². The van der Waals surface area contributed by atoms with Gasteiger partial charge in [-0.05, 0) is 52.1 Å². The average molecular weight is 734 g/mol. The molecule has 0 bridgehead atoms. The van der Waals surface area contributed by atoms with Gasteiger partial charge in [-0.1, -0.05) is 147 Å². The molecule has 5 nitrogen and oxygen atoms in total. The summed E-state index contributed by atoms with van der Waals surface area (Å²) in [5.41, 5.74) is 17.5. The summed E-state index contributed by atoms with van der Waals surface area (Å²) in [6.45, 7) is 4.71. The van der Waals surface area contributed by atoms with E-state index in [0.29, 0.717) is 17.6 Å². The molecule has 3 heterocycles. The van der Waals surface area contributed by atoms with Gasteiger partial charge in [-0.2, -0.15) is 9.97 Å². The van der Waals surface area contributed by atoms with E-state index >= 15 is 0 Å². The van der Waals surface area contributed by atoms with E-state index in [1.54, 1.807) is 11.3 Å².